The Morgan fingerprint density at radius 3 is 2.36 bits per heavy atom. The number of aromatic carboxylic acids is 1. The quantitative estimate of drug-likeness (QED) is 0.906. The lowest BCUT2D eigenvalue weighted by Gasteiger charge is -2.13. The number of carbonyl (C=O) groups is 1. The Labute approximate surface area is 127 Å². The molecular weight excluding hydrogens is 309 g/mol. The molecule has 0 aliphatic carbocycles. The van der Waals surface area contributed by atoms with Crippen molar-refractivity contribution in [1.29, 1.82) is 0 Å². The number of hydrogen-bond donors (Lipinski definition) is 2. The molecule has 22 heavy (non-hydrogen) atoms. The molecule has 0 spiro atoms. The van der Waals surface area contributed by atoms with Crippen molar-refractivity contribution in [1.82, 2.24) is 0 Å². The predicted octanol–water partition coefficient (Wildman–Crippen LogP) is 2.94. The van der Waals surface area contributed by atoms with Gasteiger partial charge in [0, 0.05) is 0 Å². The zero-order valence-corrected chi connectivity index (χ0v) is 12.7. The molecule has 2 rings (SSSR count). The van der Waals surface area contributed by atoms with Crippen molar-refractivity contribution in [3.63, 3.8) is 0 Å². The molecule has 0 aromatic heterocycles. The fourth-order valence-corrected chi connectivity index (χ4v) is 3.37. The number of carboxylic acid groups (broad SMARTS) is 1. The van der Waals surface area contributed by atoms with E-state index in [4.69, 9.17) is 5.11 Å². The van der Waals surface area contributed by atoms with Crippen LogP contribution >= 0.6 is 0 Å². The number of hydrogen-bond acceptors (Lipinski definition) is 3. The monoisotopic (exact) mass is 323 g/mol. The summed E-state index contributed by atoms with van der Waals surface area (Å²) in [6.45, 7) is 3.14. The van der Waals surface area contributed by atoms with Crippen molar-refractivity contribution in [3.8, 4) is 0 Å². The largest absolute Gasteiger partial charge is 0.478 e. The van der Waals surface area contributed by atoms with Gasteiger partial charge in [0.05, 0.1) is 16.1 Å². The molecule has 0 atom stereocenters. The molecule has 0 saturated carbocycles. The number of benzene rings is 2. The molecule has 0 bridgehead atoms. The van der Waals surface area contributed by atoms with Crippen molar-refractivity contribution in [3.05, 3.63) is 58.9 Å². The summed E-state index contributed by atoms with van der Waals surface area (Å²) in [5.41, 5.74) is 0.955. The van der Waals surface area contributed by atoms with Crippen molar-refractivity contribution < 1.29 is 22.7 Å². The molecule has 0 heterocycles. The number of nitrogens with one attached hydrogen (secondary N) is 1. The van der Waals surface area contributed by atoms with E-state index in [-0.39, 0.29) is 16.1 Å². The molecule has 2 N–H and O–H groups in total. The summed E-state index contributed by atoms with van der Waals surface area (Å²) >= 11 is 0. The highest BCUT2D eigenvalue weighted by molar-refractivity contribution is 7.92. The van der Waals surface area contributed by atoms with Crippen LogP contribution in [0.25, 0.3) is 0 Å². The number of sulfonamides is 1. The third-order valence-electron chi connectivity index (χ3n) is 3.16. The molecular formula is C15H14FNO4S. The minimum atomic E-state index is -3.97. The Morgan fingerprint density at radius 1 is 1.09 bits per heavy atom. The van der Waals surface area contributed by atoms with Crippen molar-refractivity contribution in [2.45, 2.75) is 18.7 Å². The van der Waals surface area contributed by atoms with Gasteiger partial charge in [0.25, 0.3) is 10.0 Å². The molecule has 7 heteroatoms. The van der Waals surface area contributed by atoms with E-state index in [1.807, 2.05) is 0 Å². The SMILES string of the molecule is Cc1cc(F)ccc1NS(=O)(=O)c1cc(C(=O)O)ccc1C. The Kier molecular flexibility index (Phi) is 4.18. The van der Waals surface area contributed by atoms with E-state index in [0.29, 0.717) is 11.1 Å². The van der Waals surface area contributed by atoms with E-state index in [2.05, 4.69) is 4.72 Å². The summed E-state index contributed by atoms with van der Waals surface area (Å²) in [5, 5.41) is 8.97. The highest BCUT2D eigenvalue weighted by Crippen LogP contribution is 2.23. The summed E-state index contributed by atoms with van der Waals surface area (Å²) in [7, 11) is -3.97. The summed E-state index contributed by atoms with van der Waals surface area (Å²) in [6, 6.07) is 7.52. The van der Waals surface area contributed by atoms with E-state index < -0.39 is 21.8 Å². The van der Waals surface area contributed by atoms with Crippen molar-refractivity contribution in [2.75, 3.05) is 4.72 Å². The van der Waals surface area contributed by atoms with Crippen LogP contribution in [0.2, 0.25) is 0 Å². The first-order valence-corrected chi connectivity index (χ1v) is 7.82. The lowest BCUT2D eigenvalue weighted by molar-refractivity contribution is 0.0696. The van der Waals surface area contributed by atoms with E-state index in [0.717, 1.165) is 12.1 Å². The zero-order chi connectivity index (χ0) is 16.5. The van der Waals surface area contributed by atoms with Gasteiger partial charge in [0.2, 0.25) is 0 Å². The van der Waals surface area contributed by atoms with Gasteiger partial charge in [-0.25, -0.2) is 17.6 Å². The first-order chi connectivity index (χ1) is 10.2. The number of halogens is 1. The first-order valence-electron chi connectivity index (χ1n) is 6.33. The van der Waals surface area contributed by atoms with Gasteiger partial charge in [0.1, 0.15) is 5.82 Å². The normalized spacial score (nSPS) is 11.2. The molecule has 2 aromatic carbocycles. The van der Waals surface area contributed by atoms with Crippen molar-refractivity contribution in [2.24, 2.45) is 0 Å². The standard InChI is InChI=1S/C15H14FNO4S/c1-9-3-4-11(15(18)19)8-14(9)22(20,21)17-13-6-5-12(16)7-10(13)2/h3-8,17H,1-2H3,(H,18,19). The van der Waals surface area contributed by atoms with Gasteiger partial charge in [0.15, 0.2) is 0 Å². The molecule has 5 nitrogen and oxygen atoms in total. The molecule has 0 saturated heterocycles. The fourth-order valence-electron chi connectivity index (χ4n) is 1.96. The highest BCUT2D eigenvalue weighted by atomic mass is 32.2. The molecule has 0 amide bonds. The van der Waals surface area contributed by atoms with Crippen LogP contribution in [0, 0.1) is 19.7 Å². The zero-order valence-electron chi connectivity index (χ0n) is 11.9. The summed E-state index contributed by atoms with van der Waals surface area (Å²) in [6.07, 6.45) is 0. The van der Waals surface area contributed by atoms with Crippen LogP contribution in [0.4, 0.5) is 10.1 Å². The maximum Gasteiger partial charge on any atom is 0.335 e. The van der Waals surface area contributed by atoms with E-state index in [9.17, 15) is 17.6 Å². The average molecular weight is 323 g/mol. The fraction of sp³-hybridized carbons (Fsp3) is 0.133. The minimum absolute atomic E-state index is 0.123. The second kappa shape index (κ2) is 5.76. The maximum absolute atomic E-state index is 13.1. The predicted molar refractivity (Wildman–Crippen MR) is 80.1 cm³/mol. The molecule has 0 unspecified atom stereocenters. The number of anilines is 1. The maximum atomic E-state index is 13.1. The smallest absolute Gasteiger partial charge is 0.335 e. The summed E-state index contributed by atoms with van der Waals surface area (Å²) in [4.78, 5) is 10.9. The van der Waals surface area contributed by atoms with E-state index in [1.165, 1.54) is 24.3 Å². The number of aryl methyl sites for hydroxylation is 2. The van der Waals surface area contributed by atoms with Crippen molar-refractivity contribution >= 4 is 21.7 Å². The molecule has 0 aliphatic heterocycles. The topological polar surface area (TPSA) is 83.5 Å². The third kappa shape index (κ3) is 3.25. The highest BCUT2D eigenvalue weighted by Gasteiger charge is 2.20. The average Bonchev–Trinajstić information content (AvgIpc) is 2.42. The molecule has 0 radical (unpaired) electrons. The van der Waals surface area contributed by atoms with Gasteiger partial charge in [-0.1, -0.05) is 6.07 Å². The minimum Gasteiger partial charge on any atom is -0.478 e. The van der Waals surface area contributed by atoms with Gasteiger partial charge in [-0.2, -0.15) is 0 Å². The molecule has 0 aliphatic rings. The van der Waals surface area contributed by atoms with Crippen LogP contribution in [0.3, 0.4) is 0 Å². The Balaban J connectivity index is 2.46. The van der Waals surface area contributed by atoms with Gasteiger partial charge in [-0.15, -0.1) is 0 Å². The Bertz CT molecular complexity index is 847. The summed E-state index contributed by atoms with van der Waals surface area (Å²) in [5.74, 6) is -1.68. The van der Waals surface area contributed by atoms with Gasteiger partial charge < -0.3 is 5.11 Å². The van der Waals surface area contributed by atoms with E-state index in [1.54, 1.807) is 13.8 Å². The lowest BCUT2D eigenvalue weighted by Crippen LogP contribution is -2.16. The number of carboxylic acids is 1. The first kappa shape index (κ1) is 16.0. The van der Waals surface area contributed by atoms with E-state index >= 15 is 0 Å². The Hall–Kier alpha value is -2.41. The second-order valence-electron chi connectivity index (χ2n) is 4.85. The van der Waals surface area contributed by atoms with Crippen LogP contribution in [0.5, 0.6) is 0 Å². The number of rotatable bonds is 4. The van der Waals surface area contributed by atoms with Gasteiger partial charge in [-0.05, 0) is 55.3 Å². The van der Waals surface area contributed by atoms with Gasteiger partial charge in [-0.3, -0.25) is 4.72 Å². The van der Waals surface area contributed by atoms with Crippen LogP contribution in [0.1, 0.15) is 21.5 Å². The van der Waals surface area contributed by atoms with Crippen LogP contribution < -0.4 is 4.72 Å². The lowest BCUT2D eigenvalue weighted by atomic mass is 10.1. The molecule has 116 valence electrons. The Morgan fingerprint density at radius 2 is 1.77 bits per heavy atom. The van der Waals surface area contributed by atoms with Crippen LogP contribution in [-0.2, 0) is 10.0 Å². The summed E-state index contributed by atoms with van der Waals surface area (Å²) < 4.78 is 40.3. The third-order valence-corrected chi connectivity index (χ3v) is 4.66. The van der Waals surface area contributed by atoms with Crippen LogP contribution in [0.15, 0.2) is 41.3 Å². The van der Waals surface area contributed by atoms with Gasteiger partial charge >= 0.3 is 5.97 Å². The second-order valence-corrected chi connectivity index (χ2v) is 6.50. The molecule has 0 fully saturated rings. The van der Waals surface area contributed by atoms with Crippen LogP contribution in [-0.4, -0.2) is 19.5 Å². The molecule has 2 aromatic rings.